The van der Waals surface area contributed by atoms with Crippen molar-refractivity contribution in [2.75, 3.05) is 31.7 Å². The van der Waals surface area contributed by atoms with E-state index in [1.165, 1.54) is 0 Å². The lowest BCUT2D eigenvalue weighted by Gasteiger charge is -2.22. The summed E-state index contributed by atoms with van der Waals surface area (Å²) in [4.78, 5) is 0. The molecule has 0 aromatic rings. The summed E-state index contributed by atoms with van der Waals surface area (Å²) in [5, 5.41) is 0. The summed E-state index contributed by atoms with van der Waals surface area (Å²) in [6, 6.07) is 0. The molecule has 0 atom stereocenters. The van der Waals surface area contributed by atoms with Crippen LogP contribution in [0.1, 0.15) is 27.7 Å². The fraction of sp³-hybridized carbons (Fsp3) is 1.00. The highest BCUT2D eigenvalue weighted by Crippen LogP contribution is 2.45. The first-order chi connectivity index (χ1) is 6.61. The molecule has 4 heteroatoms. The maximum atomic E-state index is 12.2. The van der Waals surface area contributed by atoms with Gasteiger partial charge in [-0.3, -0.25) is 0 Å². The zero-order valence-electron chi connectivity index (χ0n) is 9.78. The normalized spacial score (nSPS) is 12.4. The molecule has 14 heavy (non-hydrogen) atoms. The maximum absolute atomic E-state index is 12.2. The molecule has 0 rings (SSSR count). The molecule has 0 aliphatic carbocycles. The molecule has 0 N–H and O–H groups in total. The highest BCUT2D eigenvalue weighted by atomic mass is 31.2. The van der Waals surface area contributed by atoms with Crippen LogP contribution in [0, 0.1) is 0 Å². The Hall–Kier alpha value is 0.150. The fourth-order valence-electron chi connectivity index (χ4n) is 1.28. The summed E-state index contributed by atoms with van der Waals surface area (Å²) in [5.41, 5.74) is 0. The Labute approximate surface area is 87.5 Å². The molecule has 0 aromatic carbocycles. The van der Waals surface area contributed by atoms with Gasteiger partial charge in [0.05, 0.1) is 13.3 Å². The van der Waals surface area contributed by atoms with Gasteiger partial charge in [0.25, 0.3) is 0 Å². The first-order valence-electron chi connectivity index (χ1n) is 5.42. The molecule has 0 saturated carbocycles. The Bertz CT molecular complexity index is 168. The van der Waals surface area contributed by atoms with Crippen LogP contribution in [-0.2, 0) is 14.0 Å². The van der Waals surface area contributed by atoms with E-state index in [9.17, 15) is 4.57 Å². The highest BCUT2D eigenvalue weighted by molar-refractivity contribution is 7.63. The summed E-state index contributed by atoms with van der Waals surface area (Å²) in [5.74, 6) is 0. The van der Waals surface area contributed by atoms with Crippen molar-refractivity contribution in [3.63, 3.8) is 0 Å². The van der Waals surface area contributed by atoms with Crippen LogP contribution < -0.4 is 0 Å². The van der Waals surface area contributed by atoms with Gasteiger partial charge in [-0.2, -0.15) is 0 Å². The zero-order chi connectivity index (χ0) is 11.0. The average molecular weight is 222 g/mol. The van der Waals surface area contributed by atoms with Gasteiger partial charge in [0, 0.05) is 13.2 Å². The maximum Gasteiger partial charge on any atom is 0.164 e. The van der Waals surface area contributed by atoms with Crippen LogP contribution in [0.15, 0.2) is 0 Å². The lowest BCUT2D eigenvalue weighted by Crippen LogP contribution is -2.22. The van der Waals surface area contributed by atoms with Gasteiger partial charge in [-0.1, -0.05) is 13.8 Å². The molecule has 0 amide bonds. The molecule has 3 nitrogen and oxygen atoms in total. The van der Waals surface area contributed by atoms with E-state index >= 15 is 0 Å². The van der Waals surface area contributed by atoms with Crippen molar-refractivity contribution < 1.29 is 14.0 Å². The Morgan fingerprint density at radius 3 is 1.71 bits per heavy atom. The minimum absolute atomic E-state index is 0.282. The third-order valence-corrected chi connectivity index (χ3v) is 5.61. The van der Waals surface area contributed by atoms with Gasteiger partial charge in [-0.05, 0) is 26.2 Å². The molecular weight excluding hydrogens is 199 g/mol. The van der Waals surface area contributed by atoms with Crippen molar-refractivity contribution in [3.8, 4) is 0 Å². The monoisotopic (exact) mass is 222 g/mol. The van der Waals surface area contributed by atoms with E-state index in [-0.39, 0.29) is 6.29 Å². The number of hydrogen-bond acceptors (Lipinski definition) is 3. The summed E-state index contributed by atoms with van der Waals surface area (Å²) < 4.78 is 22.9. The Kier molecular flexibility index (Phi) is 7.52. The second-order valence-electron chi connectivity index (χ2n) is 3.21. The third-order valence-electron chi connectivity index (χ3n) is 2.34. The lowest BCUT2D eigenvalue weighted by molar-refractivity contribution is -0.121. The quantitative estimate of drug-likeness (QED) is 0.468. The molecule has 0 saturated heterocycles. The summed E-state index contributed by atoms with van der Waals surface area (Å²) >= 11 is 0. The Balaban J connectivity index is 4.18. The second kappa shape index (κ2) is 7.44. The standard InChI is InChI=1S/C10H23O3P/c1-5-12-10(13-6-2)9-14(11,7-3)8-4/h10H,5-9H2,1-4H3. The van der Waals surface area contributed by atoms with Gasteiger partial charge in [-0.15, -0.1) is 0 Å². The molecule has 0 aliphatic rings. The van der Waals surface area contributed by atoms with Crippen LogP contribution in [0.2, 0.25) is 0 Å². The molecule has 0 heterocycles. The van der Waals surface area contributed by atoms with Crippen molar-refractivity contribution >= 4 is 7.14 Å². The van der Waals surface area contributed by atoms with Crippen LogP contribution in [0.3, 0.4) is 0 Å². The molecule has 0 aliphatic heterocycles. The van der Waals surface area contributed by atoms with Gasteiger partial charge in [0.2, 0.25) is 0 Å². The van der Waals surface area contributed by atoms with Crippen LogP contribution in [0.4, 0.5) is 0 Å². The second-order valence-corrected chi connectivity index (χ2v) is 6.96. The molecule has 0 bridgehead atoms. The first kappa shape index (κ1) is 14.2. The van der Waals surface area contributed by atoms with E-state index in [1.807, 2.05) is 27.7 Å². The minimum atomic E-state index is -2.05. The van der Waals surface area contributed by atoms with Crippen molar-refractivity contribution in [2.24, 2.45) is 0 Å². The van der Waals surface area contributed by atoms with Crippen molar-refractivity contribution in [1.29, 1.82) is 0 Å². The van der Waals surface area contributed by atoms with Crippen LogP contribution in [0.5, 0.6) is 0 Å². The van der Waals surface area contributed by atoms with E-state index < -0.39 is 7.14 Å². The highest BCUT2D eigenvalue weighted by Gasteiger charge is 2.23. The number of hydrogen-bond donors (Lipinski definition) is 0. The topological polar surface area (TPSA) is 35.5 Å². The van der Waals surface area contributed by atoms with E-state index in [0.717, 1.165) is 12.3 Å². The molecule has 0 aromatic heterocycles. The minimum Gasteiger partial charge on any atom is -0.352 e. The van der Waals surface area contributed by atoms with Gasteiger partial charge >= 0.3 is 0 Å². The molecule has 0 unspecified atom stereocenters. The largest absolute Gasteiger partial charge is 0.352 e. The van der Waals surface area contributed by atoms with Gasteiger partial charge in [-0.25, -0.2) is 0 Å². The van der Waals surface area contributed by atoms with Gasteiger partial charge < -0.3 is 14.0 Å². The van der Waals surface area contributed by atoms with Crippen LogP contribution in [-0.4, -0.2) is 38.0 Å². The summed E-state index contributed by atoms with van der Waals surface area (Å²) in [6.45, 7) is 9.01. The van der Waals surface area contributed by atoms with Gasteiger partial charge in [0.15, 0.2) is 6.29 Å². The predicted molar refractivity (Wildman–Crippen MR) is 60.6 cm³/mol. The van der Waals surface area contributed by atoms with Gasteiger partial charge in [0.1, 0.15) is 0 Å². The molecule has 0 fully saturated rings. The molecular formula is C10H23O3P. The molecule has 0 spiro atoms. The fourth-order valence-corrected chi connectivity index (χ4v) is 3.00. The van der Waals surface area contributed by atoms with E-state index in [1.54, 1.807) is 0 Å². The van der Waals surface area contributed by atoms with Crippen molar-refractivity contribution in [3.05, 3.63) is 0 Å². The summed E-state index contributed by atoms with van der Waals surface area (Å²) in [6.07, 6.45) is 1.75. The molecule has 0 radical (unpaired) electrons. The SMILES string of the molecule is CCOC(CP(=O)(CC)CC)OCC. The predicted octanol–water partition coefficient (Wildman–Crippen LogP) is 2.79. The Morgan fingerprint density at radius 1 is 1.00 bits per heavy atom. The number of rotatable bonds is 8. The Morgan fingerprint density at radius 2 is 1.43 bits per heavy atom. The average Bonchev–Trinajstić information content (AvgIpc) is 2.18. The van der Waals surface area contributed by atoms with Crippen molar-refractivity contribution in [2.45, 2.75) is 34.0 Å². The summed E-state index contributed by atoms with van der Waals surface area (Å²) in [7, 11) is -2.05. The first-order valence-corrected chi connectivity index (χ1v) is 7.68. The van der Waals surface area contributed by atoms with E-state index in [2.05, 4.69) is 0 Å². The van der Waals surface area contributed by atoms with E-state index in [0.29, 0.717) is 19.4 Å². The molecule has 86 valence electrons. The third kappa shape index (κ3) is 5.14. The van der Waals surface area contributed by atoms with Crippen molar-refractivity contribution in [1.82, 2.24) is 0 Å². The zero-order valence-corrected chi connectivity index (χ0v) is 10.7. The number of ether oxygens (including phenoxy) is 2. The van der Waals surface area contributed by atoms with E-state index in [4.69, 9.17) is 9.47 Å². The van der Waals surface area contributed by atoms with Crippen LogP contribution >= 0.6 is 7.14 Å². The smallest absolute Gasteiger partial charge is 0.164 e. The van der Waals surface area contributed by atoms with Crippen LogP contribution in [0.25, 0.3) is 0 Å². The lowest BCUT2D eigenvalue weighted by atomic mass is 10.7.